The molecule has 172 valence electrons. The smallest absolute Gasteiger partial charge is 0.258 e. The largest absolute Gasteiger partial charge is 0.508 e. The Hall–Kier alpha value is -4.78. The van der Waals surface area contributed by atoms with Gasteiger partial charge in [-0.2, -0.15) is 0 Å². The zero-order valence-electron chi connectivity index (χ0n) is 18.7. The van der Waals surface area contributed by atoms with Crippen molar-refractivity contribution in [3.8, 4) is 5.75 Å². The second-order valence-corrected chi connectivity index (χ2v) is 8.46. The van der Waals surface area contributed by atoms with Gasteiger partial charge < -0.3 is 5.11 Å². The third-order valence-electron chi connectivity index (χ3n) is 6.47. The molecule has 0 aliphatic carbocycles. The van der Waals surface area contributed by atoms with Gasteiger partial charge >= 0.3 is 0 Å². The Kier molecular flexibility index (Phi) is 5.17. The van der Waals surface area contributed by atoms with Gasteiger partial charge in [0.25, 0.3) is 23.6 Å². The Morgan fingerprint density at radius 3 is 1.11 bits per heavy atom. The minimum atomic E-state index is -0.695. The van der Waals surface area contributed by atoms with Crippen LogP contribution in [0.2, 0.25) is 0 Å². The minimum absolute atomic E-state index is 0.138. The van der Waals surface area contributed by atoms with Crippen LogP contribution in [0.4, 0.5) is 11.4 Å². The number of benzene rings is 3. The summed E-state index contributed by atoms with van der Waals surface area (Å²) in [6.07, 6.45) is 4.96. The Bertz CT molecular complexity index is 1300. The molecule has 5 rings (SSSR count). The second-order valence-electron chi connectivity index (χ2n) is 8.46. The number of anilines is 2. The highest BCUT2D eigenvalue weighted by molar-refractivity contribution is 6.28. The number of carbonyl (C=O) groups excluding carboxylic acids is 4. The summed E-state index contributed by atoms with van der Waals surface area (Å²) in [6.45, 7) is 2.02. The van der Waals surface area contributed by atoms with Gasteiger partial charge in [0.2, 0.25) is 0 Å². The van der Waals surface area contributed by atoms with Crippen LogP contribution in [0.1, 0.15) is 23.6 Å². The number of phenols is 1. The molecular weight excluding hydrogens is 444 g/mol. The normalized spacial score (nSPS) is 15.6. The van der Waals surface area contributed by atoms with Gasteiger partial charge in [0.05, 0.1) is 11.4 Å². The van der Waals surface area contributed by atoms with Gasteiger partial charge in [0.1, 0.15) is 5.75 Å². The SMILES string of the molecule is CC(c1ccc(O)cc1)(c1ccc(N2C(=O)C=CC2=O)cc1)c1ccc(N2C(=O)C=CC2=O)cc1. The van der Waals surface area contributed by atoms with Crippen molar-refractivity contribution >= 4 is 35.0 Å². The van der Waals surface area contributed by atoms with Crippen LogP contribution in [0.15, 0.2) is 97.1 Å². The molecule has 2 heterocycles. The first-order valence-electron chi connectivity index (χ1n) is 10.9. The van der Waals surface area contributed by atoms with Crippen molar-refractivity contribution in [3.63, 3.8) is 0 Å². The third kappa shape index (κ3) is 3.63. The Balaban J connectivity index is 1.56. The maximum Gasteiger partial charge on any atom is 0.258 e. The highest BCUT2D eigenvalue weighted by atomic mass is 16.3. The summed E-state index contributed by atoms with van der Waals surface area (Å²) in [7, 11) is 0. The molecule has 0 fully saturated rings. The van der Waals surface area contributed by atoms with Crippen molar-refractivity contribution < 1.29 is 24.3 Å². The monoisotopic (exact) mass is 464 g/mol. The molecule has 0 atom stereocenters. The molecule has 7 heteroatoms. The molecule has 0 saturated carbocycles. The standard InChI is InChI=1S/C28H20N2O5/c1-28(20-6-12-23(31)13-7-20,18-2-8-21(9-3-18)29-24(32)14-15-25(29)33)19-4-10-22(11-5-19)30-26(34)16-17-27(30)35/h2-17,31H,1H3. The second kappa shape index (κ2) is 8.22. The summed E-state index contributed by atoms with van der Waals surface area (Å²) in [5, 5.41) is 9.83. The fourth-order valence-corrected chi connectivity index (χ4v) is 4.49. The molecule has 0 aromatic heterocycles. The lowest BCUT2D eigenvalue weighted by Crippen LogP contribution is -2.30. The summed E-state index contributed by atoms with van der Waals surface area (Å²) in [5.74, 6) is -1.42. The molecule has 3 aromatic rings. The van der Waals surface area contributed by atoms with Gasteiger partial charge in [0, 0.05) is 29.7 Å². The van der Waals surface area contributed by atoms with E-state index in [4.69, 9.17) is 0 Å². The van der Waals surface area contributed by atoms with Crippen LogP contribution in [0.5, 0.6) is 5.75 Å². The maximum absolute atomic E-state index is 12.1. The summed E-state index contributed by atoms with van der Waals surface area (Å²) >= 11 is 0. The van der Waals surface area contributed by atoms with E-state index in [1.54, 1.807) is 36.4 Å². The molecular formula is C28H20N2O5. The lowest BCUT2D eigenvalue weighted by Gasteiger charge is -2.32. The fraction of sp³-hybridized carbons (Fsp3) is 0.0714. The Morgan fingerprint density at radius 2 is 0.800 bits per heavy atom. The molecule has 2 aliphatic heterocycles. The zero-order valence-corrected chi connectivity index (χ0v) is 18.7. The van der Waals surface area contributed by atoms with Gasteiger partial charge in [-0.1, -0.05) is 36.4 Å². The van der Waals surface area contributed by atoms with Crippen molar-refractivity contribution in [3.05, 3.63) is 114 Å². The number of amides is 4. The molecule has 0 unspecified atom stereocenters. The van der Waals surface area contributed by atoms with Crippen molar-refractivity contribution in [2.75, 3.05) is 9.80 Å². The van der Waals surface area contributed by atoms with Gasteiger partial charge in [-0.15, -0.1) is 0 Å². The van der Waals surface area contributed by atoms with Crippen LogP contribution in [0.3, 0.4) is 0 Å². The number of nitrogens with zero attached hydrogens (tertiary/aromatic N) is 2. The van der Waals surface area contributed by atoms with Crippen LogP contribution >= 0.6 is 0 Å². The number of phenolic OH excluding ortho intramolecular Hbond substituents is 1. The molecule has 0 spiro atoms. The number of hydrogen-bond acceptors (Lipinski definition) is 5. The van der Waals surface area contributed by atoms with Crippen molar-refractivity contribution in [1.82, 2.24) is 0 Å². The molecule has 4 amide bonds. The fourth-order valence-electron chi connectivity index (χ4n) is 4.49. The maximum atomic E-state index is 12.1. The first kappa shape index (κ1) is 22.0. The molecule has 2 aliphatic rings. The van der Waals surface area contributed by atoms with Crippen molar-refractivity contribution in [2.45, 2.75) is 12.3 Å². The van der Waals surface area contributed by atoms with E-state index in [1.165, 1.54) is 24.3 Å². The topological polar surface area (TPSA) is 95.0 Å². The molecule has 7 nitrogen and oxygen atoms in total. The number of carbonyl (C=O) groups is 4. The summed E-state index contributed by atoms with van der Waals surface area (Å²) in [4.78, 5) is 50.5. The Labute approximate surface area is 201 Å². The van der Waals surface area contributed by atoms with Crippen LogP contribution in [0, 0.1) is 0 Å². The predicted octanol–water partition coefficient (Wildman–Crippen LogP) is 3.61. The molecule has 0 saturated heterocycles. The quantitative estimate of drug-likeness (QED) is 0.460. The average Bonchev–Trinajstić information content (AvgIpc) is 3.38. The van der Waals surface area contributed by atoms with Crippen LogP contribution in [-0.2, 0) is 24.6 Å². The number of imide groups is 2. The number of aromatic hydroxyl groups is 1. The van der Waals surface area contributed by atoms with E-state index in [2.05, 4.69) is 0 Å². The van der Waals surface area contributed by atoms with E-state index in [0.717, 1.165) is 26.5 Å². The van der Waals surface area contributed by atoms with Crippen molar-refractivity contribution in [1.29, 1.82) is 0 Å². The molecule has 1 N–H and O–H groups in total. The van der Waals surface area contributed by atoms with E-state index >= 15 is 0 Å². The first-order chi connectivity index (χ1) is 16.8. The number of hydrogen-bond donors (Lipinski definition) is 1. The summed E-state index contributed by atoms with van der Waals surface area (Å²) < 4.78 is 0. The van der Waals surface area contributed by atoms with E-state index in [1.807, 2.05) is 43.3 Å². The summed E-state index contributed by atoms with van der Waals surface area (Å²) in [6, 6.07) is 21.2. The zero-order chi connectivity index (χ0) is 24.7. The highest BCUT2D eigenvalue weighted by Crippen LogP contribution is 2.40. The van der Waals surface area contributed by atoms with Gasteiger partial charge in [0.15, 0.2) is 0 Å². The van der Waals surface area contributed by atoms with E-state index in [9.17, 15) is 24.3 Å². The van der Waals surface area contributed by atoms with Crippen LogP contribution < -0.4 is 9.80 Å². The molecule has 35 heavy (non-hydrogen) atoms. The van der Waals surface area contributed by atoms with E-state index < -0.39 is 5.41 Å². The van der Waals surface area contributed by atoms with E-state index in [0.29, 0.717) is 11.4 Å². The Morgan fingerprint density at radius 1 is 0.514 bits per heavy atom. The van der Waals surface area contributed by atoms with Gasteiger partial charge in [-0.25, -0.2) is 9.80 Å². The van der Waals surface area contributed by atoms with E-state index in [-0.39, 0.29) is 29.4 Å². The van der Waals surface area contributed by atoms with Crippen molar-refractivity contribution in [2.24, 2.45) is 0 Å². The van der Waals surface area contributed by atoms with Crippen LogP contribution in [-0.4, -0.2) is 28.7 Å². The van der Waals surface area contributed by atoms with Crippen LogP contribution in [0.25, 0.3) is 0 Å². The third-order valence-corrected chi connectivity index (χ3v) is 6.47. The predicted molar refractivity (Wildman–Crippen MR) is 130 cm³/mol. The first-order valence-corrected chi connectivity index (χ1v) is 10.9. The molecule has 0 bridgehead atoms. The molecule has 0 radical (unpaired) electrons. The summed E-state index contributed by atoms with van der Waals surface area (Å²) in [5.41, 5.74) is 2.88. The lowest BCUT2D eigenvalue weighted by atomic mass is 9.71. The van der Waals surface area contributed by atoms with Gasteiger partial charge in [-0.3, -0.25) is 19.2 Å². The lowest BCUT2D eigenvalue weighted by molar-refractivity contribution is -0.121. The highest BCUT2D eigenvalue weighted by Gasteiger charge is 2.33. The minimum Gasteiger partial charge on any atom is -0.508 e. The van der Waals surface area contributed by atoms with Gasteiger partial charge in [-0.05, 0) is 60.0 Å². The average molecular weight is 464 g/mol. The number of rotatable bonds is 5. The molecule has 3 aromatic carbocycles.